The minimum absolute atomic E-state index is 0.0105. The number of ether oxygens (including phenoxy) is 1. The van der Waals surface area contributed by atoms with Gasteiger partial charge >= 0.3 is 0 Å². The molecule has 0 bridgehead atoms. The number of hydrogen-bond donors (Lipinski definition) is 1. The maximum Gasteiger partial charge on any atom is 0.228 e. The number of anilines is 1. The van der Waals surface area contributed by atoms with Crippen LogP contribution in [0.3, 0.4) is 0 Å². The van der Waals surface area contributed by atoms with Crippen LogP contribution in [-0.4, -0.2) is 43.7 Å². The molecule has 0 saturated carbocycles. The number of nitrogens with one attached hydrogen (secondary N) is 1. The highest BCUT2D eigenvalue weighted by molar-refractivity contribution is 5.93. The van der Waals surface area contributed by atoms with Crippen LogP contribution in [-0.2, 0) is 22.4 Å². The van der Waals surface area contributed by atoms with Crippen LogP contribution in [0.15, 0.2) is 66.7 Å². The Morgan fingerprint density at radius 3 is 2.39 bits per heavy atom. The van der Waals surface area contributed by atoms with E-state index in [0.717, 1.165) is 55.9 Å². The summed E-state index contributed by atoms with van der Waals surface area (Å²) in [5.41, 5.74) is 3.17. The Morgan fingerprint density at radius 1 is 0.893 bits per heavy atom. The molecule has 144 valence electrons. The molecule has 0 unspecified atom stereocenters. The first-order valence-corrected chi connectivity index (χ1v) is 9.93. The molecule has 4 heteroatoms. The molecule has 1 aliphatic rings. The van der Waals surface area contributed by atoms with Crippen molar-refractivity contribution in [3.63, 3.8) is 0 Å². The number of fused-ring (bicyclic) bond motifs is 1. The summed E-state index contributed by atoms with van der Waals surface area (Å²) >= 11 is 0. The number of carbonyl (C=O) groups is 1. The molecule has 1 aliphatic heterocycles. The predicted octanol–water partition coefficient (Wildman–Crippen LogP) is 3.90. The van der Waals surface area contributed by atoms with E-state index in [9.17, 15) is 4.79 Å². The normalized spacial score (nSPS) is 14.9. The van der Waals surface area contributed by atoms with Crippen molar-refractivity contribution < 1.29 is 9.53 Å². The van der Waals surface area contributed by atoms with Gasteiger partial charge in [-0.25, -0.2) is 0 Å². The summed E-state index contributed by atoms with van der Waals surface area (Å²) in [5, 5.41) is 5.36. The summed E-state index contributed by atoms with van der Waals surface area (Å²) in [6.45, 7) is 4.76. The van der Waals surface area contributed by atoms with Gasteiger partial charge in [-0.1, -0.05) is 54.6 Å². The lowest BCUT2D eigenvalue weighted by atomic mass is 10.0. The van der Waals surface area contributed by atoms with E-state index in [4.69, 9.17) is 4.74 Å². The van der Waals surface area contributed by atoms with Crippen LogP contribution >= 0.6 is 0 Å². The van der Waals surface area contributed by atoms with Crippen molar-refractivity contribution in [2.24, 2.45) is 0 Å². The zero-order chi connectivity index (χ0) is 19.2. The fourth-order valence-electron chi connectivity index (χ4n) is 3.61. The van der Waals surface area contributed by atoms with Gasteiger partial charge in [-0.2, -0.15) is 0 Å². The Bertz CT molecular complexity index is 931. The van der Waals surface area contributed by atoms with Gasteiger partial charge in [0.1, 0.15) is 0 Å². The van der Waals surface area contributed by atoms with Crippen molar-refractivity contribution in [2.45, 2.75) is 12.8 Å². The summed E-state index contributed by atoms with van der Waals surface area (Å²) in [5.74, 6) is 0.0105. The van der Waals surface area contributed by atoms with Gasteiger partial charge < -0.3 is 10.1 Å². The van der Waals surface area contributed by atoms with E-state index < -0.39 is 0 Å². The topological polar surface area (TPSA) is 41.6 Å². The Morgan fingerprint density at radius 2 is 1.61 bits per heavy atom. The average molecular weight is 374 g/mol. The highest BCUT2D eigenvalue weighted by atomic mass is 16.5. The second kappa shape index (κ2) is 9.00. The lowest BCUT2D eigenvalue weighted by molar-refractivity contribution is -0.115. The molecular weight excluding hydrogens is 348 g/mol. The zero-order valence-corrected chi connectivity index (χ0v) is 16.1. The molecule has 3 aromatic carbocycles. The van der Waals surface area contributed by atoms with Gasteiger partial charge in [0.15, 0.2) is 0 Å². The number of morpholine rings is 1. The average Bonchev–Trinajstić information content (AvgIpc) is 2.74. The molecule has 1 fully saturated rings. The molecule has 0 aromatic heterocycles. The monoisotopic (exact) mass is 374 g/mol. The van der Waals surface area contributed by atoms with Gasteiger partial charge in [-0.15, -0.1) is 0 Å². The molecule has 1 N–H and O–H groups in total. The lowest BCUT2D eigenvalue weighted by Gasteiger charge is -2.26. The third-order valence-corrected chi connectivity index (χ3v) is 5.24. The summed E-state index contributed by atoms with van der Waals surface area (Å²) in [7, 11) is 0. The first-order valence-electron chi connectivity index (χ1n) is 9.93. The molecule has 4 nitrogen and oxygen atoms in total. The van der Waals surface area contributed by atoms with Crippen molar-refractivity contribution in [1.29, 1.82) is 0 Å². The highest BCUT2D eigenvalue weighted by Crippen LogP contribution is 2.17. The second-order valence-corrected chi connectivity index (χ2v) is 7.31. The summed E-state index contributed by atoms with van der Waals surface area (Å²) in [6.07, 6.45) is 1.40. The van der Waals surface area contributed by atoms with E-state index in [-0.39, 0.29) is 5.91 Å². The first kappa shape index (κ1) is 18.7. The second-order valence-electron chi connectivity index (χ2n) is 7.31. The van der Waals surface area contributed by atoms with E-state index in [0.29, 0.717) is 6.42 Å². The summed E-state index contributed by atoms with van der Waals surface area (Å²) in [6, 6.07) is 22.6. The third kappa shape index (κ3) is 4.97. The maximum absolute atomic E-state index is 12.4. The highest BCUT2D eigenvalue weighted by Gasteiger charge is 2.10. The third-order valence-electron chi connectivity index (χ3n) is 5.24. The molecule has 4 rings (SSSR count). The number of carbonyl (C=O) groups excluding carboxylic acids is 1. The fraction of sp³-hybridized carbons (Fsp3) is 0.292. The van der Waals surface area contributed by atoms with E-state index in [1.807, 2.05) is 30.3 Å². The largest absolute Gasteiger partial charge is 0.379 e. The summed E-state index contributed by atoms with van der Waals surface area (Å²) in [4.78, 5) is 14.8. The van der Waals surface area contributed by atoms with Crippen LogP contribution in [0.1, 0.15) is 11.1 Å². The molecule has 1 saturated heterocycles. The van der Waals surface area contributed by atoms with Crippen LogP contribution in [0, 0.1) is 0 Å². The Labute approximate surface area is 166 Å². The van der Waals surface area contributed by atoms with Crippen molar-refractivity contribution in [3.8, 4) is 0 Å². The van der Waals surface area contributed by atoms with Crippen LogP contribution in [0.25, 0.3) is 10.8 Å². The summed E-state index contributed by atoms with van der Waals surface area (Å²) < 4.78 is 5.39. The molecular formula is C24H26N2O2. The number of amides is 1. The van der Waals surface area contributed by atoms with Crippen molar-refractivity contribution >= 4 is 22.4 Å². The van der Waals surface area contributed by atoms with Gasteiger partial charge in [0.25, 0.3) is 0 Å². The van der Waals surface area contributed by atoms with Crippen LogP contribution < -0.4 is 5.32 Å². The standard InChI is InChI=1S/C24H26N2O2/c27-24(18-20-5-8-21-3-1-2-4-22(21)17-20)25-23-9-6-19(7-10-23)11-12-26-13-15-28-16-14-26/h1-10,17H,11-16,18H2,(H,25,27). The number of benzene rings is 3. The molecule has 28 heavy (non-hydrogen) atoms. The minimum Gasteiger partial charge on any atom is -0.379 e. The molecule has 0 radical (unpaired) electrons. The Balaban J connectivity index is 1.29. The first-order chi connectivity index (χ1) is 13.8. The van der Waals surface area contributed by atoms with Crippen LogP contribution in [0.2, 0.25) is 0 Å². The fourth-order valence-corrected chi connectivity index (χ4v) is 3.61. The molecule has 0 atom stereocenters. The quantitative estimate of drug-likeness (QED) is 0.712. The molecule has 1 amide bonds. The number of hydrogen-bond acceptors (Lipinski definition) is 3. The van der Waals surface area contributed by atoms with Gasteiger partial charge in [-0.3, -0.25) is 9.69 Å². The van der Waals surface area contributed by atoms with E-state index in [2.05, 4.69) is 46.6 Å². The lowest BCUT2D eigenvalue weighted by Crippen LogP contribution is -2.37. The van der Waals surface area contributed by atoms with Crippen molar-refractivity contribution in [1.82, 2.24) is 4.90 Å². The van der Waals surface area contributed by atoms with Crippen LogP contribution in [0.5, 0.6) is 0 Å². The molecule has 0 aliphatic carbocycles. The smallest absolute Gasteiger partial charge is 0.228 e. The molecule has 3 aromatic rings. The Kier molecular flexibility index (Phi) is 6.00. The van der Waals surface area contributed by atoms with E-state index in [1.54, 1.807) is 0 Å². The zero-order valence-electron chi connectivity index (χ0n) is 16.1. The van der Waals surface area contributed by atoms with Crippen LogP contribution in [0.4, 0.5) is 5.69 Å². The van der Waals surface area contributed by atoms with Crippen molar-refractivity contribution in [3.05, 3.63) is 77.9 Å². The molecule has 0 spiro atoms. The van der Waals surface area contributed by atoms with E-state index in [1.165, 1.54) is 10.9 Å². The predicted molar refractivity (Wildman–Crippen MR) is 114 cm³/mol. The Hall–Kier alpha value is -2.69. The van der Waals surface area contributed by atoms with Crippen molar-refractivity contribution in [2.75, 3.05) is 38.2 Å². The number of nitrogens with zero attached hydrogens (tertiary/aromatic N) is 1. The maximum atomic E-state index is 12.4. The minimum atomic E-state index is 0.0105. The van der Waals surface area contributed by atoms with Gasteiger partial charge in [-0.05, 0) is 40.5 Å². The molecule has 1 heterocycles. The van der Waals surface area contributed by atoms with Gasteiger partial charge in [0.05, 0.1) is 19.6 Å². The van der Waals surface area contributed by atoms with Gasteiger partial charge in [0.2, 0.25) is 5.91 Å². The van der Waals surface area contributed by atoms with Gasteiger partial charge in [0, 0.05) is 25.3 Å². The SMILES string of the molecule is O=C(Cc1ccc2ccccc2c1)Nc1ccc(CCN2CCOCC2)cc1. The number of rotatable bonds is 6. The van der Waals surface area contributed by atoms with E-state index >= 15 is 0 Å².